The Labute approximate surface area is 844 Å². The molecule has 142 heavy (non-hydrogen) atoms. The molecule has 5 aliphatic heterocycles. The molecule has 5 saturated carbocycles. The summed E-state index contributed by atoms with van der Waals surface area (Å²) in [4.78, 5) is 0. The van der Waals surface area contributed by atoms with E-state index in [4.69, 9.17) is 23.7 Å². The number of rotatable bonds is 16. The van der Waals surface area contributed by atoms with E-state index in [9.17, 15) is 0 Å². The van der Waals surface area contributed by atoms with Crippen LogP contribution in [-0.4, -0.2) is 87.6 Å². The Hall–Kier alpha value is -13.6. The fourth-order valence-electron chi connectivity index (χ4n) is 24.7. The molecule has 10 heteroatoms. The third kappa shape index (κ3) is 19.1. The molecule has 720 valence electrons. The van der Waals surface area contributed by atoms with E-state index in [0.29, 0.717) is 39.1 Å². The first-order valence-electron chi connectivity index (χ1n) is 52.3. The molecule has 0 amide bonds. The Morgan fingerprint density at radius 2 is 0.585 bits per heavy atom. The standard InChI is InChI=1S/C32H32NO.C29H24NO.C25H28NO.C24H32NO.C22H26NO/c1-31(2,25-14-8-5-9-15-25)27-20-24-22-33(28-18-12-7-13-19-28)23-34-30(24)29(21-27)32(3,4)26-16-10-6-11-17-26;1-20-16-21-18-30(22-10-4-3-5-11-22)19-31-28(21)27(17-20)29(2)25-14-8-6-12-23(25)24-13-7-9-15-26(24)29;1-17-7-21-15-26(22-5-3-2-4-6-22)16-27-24(21)23(8-17)25-12-18-9-19(13-25)11-20(10-18)14-25;1-7-23(3,4)19-14-18-16-25(20-12-10-9-11-13-20)17-26-22(18)21(15-19)24(5,6)8-2;1-17-13-18-15-23(19-9-5-3-6-10-19)16-24-21(18)20(14-17)22(2)11-7-4-8-12-22/h5-22H,23H2,1-4H3;3-18H,19H2,1-2H3;2-8,15,18-20H,9-14,16H2,1H3;9-16H,7-8,17H2,1-6H3;3,5-6,9-10,13-15H,4,7-8,11-12,16H2,1-2H3/q5*+1. The molecule has 10 nitrogen and oxygen atoms in total. The fraction of sp³-hybridized carbons (Fsp3) is 0.326. The van der Waals surface area contributed by atoms with Gasteiger partial charge in [-0.1, -0.05) is 326 Å². The van der Waals surface area contributed by atoms with Crippen molar-refractivity contribution >= 4 is 59.5 Å². The third-order valence-corrected chi connectivity index (χ3v) is 33.3. The maximum Gasteiger partial charge on any atom is 0.292 e. The first-order chi connectivity index (χ1) is 68.6. The Balaban J connectivity index is 0.000000109. The minimum atomic E-state index is -0.258. The second-order valence-corrected chi connectivity index (χ2v) is 44.6. The van der Waals surface area contributed by atoms with Gasteiger partial charge in [0.05, 0.1) is 27.8 Å². The molecule has 0 saturated heterocycles. The van der Waals surface area contributed by atoms with Crippen LogP contribution in [0.3, 0.4) is 0 Å². The van der Waals surface area contributed by atoms with Crippen molar-refractivity contribution < 1.29 is 46.6 Å². The lowest BCUT2D eigenvalue weighted by Crippen LogP contribution is -2.48. The quantitative estimate of drug-likeness (QED) is 0.0902. The normalized spacial score (nSPS) is 18.8. The molecule has 4 bridgehead atoms. The van der Waals surface area contributed by atoms with Crippen LogP contribution in [0.25, 0.3) is 11.1 Å². The van der Waals surface area contributed by atoms with Crippen molar-refractivity contribution in [2.75, 3.05) is 33.7 Å². The summed E-state index contributed by atoms with van der Waals surface area (Å²) in [5.74, 6) is 8.19. The van der Waals surface area contributed by atoms with Gasteiger partial charge >= 0.3 is 0 Å². The van der Waals surface area contributed by atoms with Crippen molar-refractivity contribution in [3.63, 3.8) is 0 Å². The average molecular weight is 1880 g/mol. The molecule has 5 fully saturated rings. The van der Waals surface area contributed by atoms with Crippen molar-refractivity contribution in [2.45, 2.75) is 225 Å². The Morgan fingerprint density at radius 1 is 0.282 bits per heavy atom. The highest BCUT2D eigenvalue weighted by molar-refractivity contribution is 5.90. The lowest BCUT2D eigenvalue weighted by atomic mass is 9.48. The van der Waals surface area contributed by atoms with Gasteiger partial charge in [0.1, 0.15) is 28.7 Å². The van der Waals surface area contributed by atoms with Crippen molar-refractivity contribution in [1.29, 1.82) is 0 Å². The zero-order valence-electron chi connectivity index (χ0n) is 86.2. The van der Waals surface area contributed by atoms with Crippen molar-refractivity contribution in [2.24, 2.45) is 17.8 Å². The molecule has 0 atom stereocenters. The predicted octanol–water partition coefficient (Wildman–Crippen LogP) is 31.0. The predicted molar refractivity (Wildman–Crippen MR) is 583 cm³/mol. The number of benzene rings is 14. The van der Waals surface area contributed by atoms with Gasteiger partial charge in [0.2, 0.25) is 28.4 Å². The molecule has 0 unspecified atom stereocenters. The zero-order valence-corrected chi connectivity index (χ0v) is 86.2. The van der Waals surface area contributed by atoms with Crippen LogP contribution in [0.15, 0.2) is 322 Å². The summed E-state index contributed by atoms with van der Waals surface area (Å²) in [5.41, 5.74) is 33.2. The number of aryl methyl sites for hydroxylation is 3. The van der Waals surface area contributed by atoms with Gasteiger partial charge in [0, 0.05) is 105 Å². The second kappa shape index (κ2) is 39.7. The molecule has 14 aromatic rings. The van der Waals surface area contributed by atoms with Crippen molar-refractivity contribution in [3.8, 4) is 39.9 Å². The zero-order chi connectivity index (χ0) is 98.3. The largest absolute Gasteiger partial charge is 0.435 e. The molecule has 14 aromatic carbocycles. The van der Waals surface area contributed by atoms with E-state index < -0.39 is 0 Å². The van der Waals surface area contributed by atoms with E-state index in [1.54, 1.807) is 0 Å². The summed E-state index contributed by atoms with van der Waals surface area (Å²) in [6.45, 7) is 37.2. The highest BCUT2D eigenvalue weighted by atomic mass is 16.5. The van der Waals surface area contributed by atoms with Crippen LogP contribution in [-0.2, 0) is 37.9 Å². The summed E-state index contributed by atoms with van der Waals surface area (Å²) in [6, 6.07) is 115. The van der Waals surface area contributed by atoms with Crippen molar-refractivity contribution in [1.82, 2.24) is 0 Å². The topological polar surface area (TPSA) is 61.2 Å². The molecule has 5 heterocycles. The van der Waals surface area contributed by atoms with Gasteiger partial charge in [0.15, 0.2) is 31.1 Å². The smallest absolute Gasteiger partial charge is 0.292 e. The number of hydrogen-bond acceptors (Lipinski definition) is 5. The van der Waals surface area contributed by atoms with Crippen LogP contribution in [0, 0.1) is 38.5 Å². The molecule has 0 N–H and O–H groups in total. The van der Waals surface area contributed by atoms with E-state index >= 15 is 0 Å². The Kier molecular flexibility index (Phi) is 26.8. The Bertz CT molecular complexity index is 7060. The van der Waals surface area contributed by atoms with Crippen LogP contribution >= 0.6 is 0 Å². The minimum absolute atomic E-state index is 0.0900. The molecular formula is C132H142N5O5+5. The van der Waals surface area contributed by atoms with Gasteiger partial charge in [-0.15, -0.1) is 0 Å². The molecule has 0 radical (unpaired) electrons. The fourth-order valence-corrected chi connectivity index (χ4v) is 24.7. The van der Waals surface area contributed by atoms with Gasteiger partial charge in [-0.05, 0) is 223 Å². The summed E-state index contributed by atoms with van der Waals surface area (Å²) in [5, 5.41) is 0. The second-order valence-electron chi connectivity index (χ2n) is 44.6. The summed E-state index contributed by atoms with van der Waals surface area (Å²) in [7, 11) is 0. The van der Waals surface area contributed by atoms with Crippen LogP contribution in [0.1, 0.15) is 272 Å². The SMILES string of the molecule is CC(C)(c1ccccc1)c1cc2c(c(C(C)(C)c3ccccc3)c1)OC[N+](c1ccccc1)=C2.CCC(C)(C)c1cc2c(c(C(C)(C)CC)c1)OC[N+](c1ccccc1)=C2.Cc1cc2c(c(C3(C)CCCCC3)c1)OC[N+](c1ccccc1)=C2.Cc1cc2c(c(C3(C)c4ccccc4-c4ccccc43)c1)OC[N+](c1ccccc1)=C2.Cc1cc2c(c(C34CC5CC(CC(C5)C3)C4)c1)OC[N+](c1ccccc1)=C2. The van der Waals surface area contributed by atoms with E-state index in [0.717, 1.165) is 81.8 Å². The molecule has 11 aliphatic rings. The van der Waals surface area contributed by atoms with Gasteiger partial charge in [-0.2, -0.15) is 22.9 Å². The van der Waals surface area contributed by atoms with E-state index in [1.165, 1.54) is 193 Å². The molecule has 25 rings (SSSR count). The van der Waals surface area contributed by atoms with Crippen LogP contribution in [0.2, 0.25) is 0 Å². The van der Waals surface area contributed by atoms with E-state index in [2.05, 4.69) is 461 Å². The first kappa shape index (κ1) is 95.9. The Morgan fingerprint density at radius 3 is 0.972 bits per heavy atom. The third-order valence-electron chi connectivity index (χ3n) is 33.3. The maximum absolute atomic E-state index is 6.50. The number of ether oxygens (including phenoxy) is 5. The van der Waals surface area contributed by atoms with Crippen LogP contribution in [0.5, 0.6) is 28.7 Å². The monoisotopic (exact) mass is 1880 g/mol. The van der Waals surface area contributed by atoms with Gasteiger partial charge in [-0.25, -0.2) is 0 Å². The van der Waals surface area contributed by atoms with Gasteiger partial charge < -0.3 is 23.7 Å². The number of hydrogen-bond donors (Lipinski definition) is 0. The highest BCUT2D eigenvalue weighted by Crippen LogP contribution is 2.63. The molecule has 6 aliphatic carbocycles. The molecular weight excluding hydrogens is 1740 g/mol. The summed E-state index contributed by atoms with van der Waals surface area (Å²) < 4.78 is 43.0. The number of fused-ring (bicyclic) bond motifs is 8. The van der Waals surface area contributed by atoms with Crippen molar-refractivity contribution in [3.05, 3.63) is 427 Å². The van der Waals surface area contributed by atoms with Gasteiger partial charge in [0.25, 0.3) is 33.7 Å². The lowest BCUT2D eigenvalue weighted by molar-refractivity contribution is -0.476. The average Bonchev–Trinajstić information content (AvgIpc) is 1.72. The van der Waals surface area contributed by atoms with E-state index in [1.807, 2.05) is 18.2 Å². The minimum Gasteiger partial charge on any atom is -0.435 e. The van der Waals surface area contributed by atoms with Crippen LogP contribution < -0.4 is 23.7 Å². The highest BCUT2D eigenvalue weighted by Gasteiger charge is 2.54. The maximum atomic E-state index is 6.50. The molecule has 0 aromatic heterocycles. The molecule has 0 spiro atoms. The summed E-state index contributed by atoms with van der Waals surface area (Å²) >= 11 is 0. The number of nitrogens with zero attached hydrogens (tertiary/aromatic N) is 5. The van der Waals surface area contributed by atoms with Crippen LogP contribution in [0.4, 0.5) is 28.4 Å². The van der Waals surface area contributed by atoms with E-state index in [-0.39, 0.29) is 32.5 Å². The lowest BCUT2D eigenvalue weighted by Gasteiger charge is -2.57. The first-order valence-corrected chi connectivity index (χ1v) is 52.3. The summed E-state index contributed by atoms with van der Waals surface area (Å²) in [6.07, 6.45) is 28.7. The number of para-hydroxylation sites is 5. The van der Waals surface area contributed by atoms with Gasteiger partial charge in [-0.3, -0.25) is 0 Å².